The highest BCUT2D eigenvalue weighted by atomic mass is 15.1. The average molecular weight is 231 g/mol. The largest absolute Gasteiger partial charge is 0.370 e. The Morgan fingerprint density at radius 3 is 2.88 bits per heavy atom. The van der Waals surface area contributed by atoms with Crippen molar-refractivity contribution in [1.29, 1.82) is 0 Å². The Morgan fingerprint density at radius 2 is 2.12 bits per heavy atom. The number of aryl methyl sites for hydroxylation is 1. The van der Waals surface area contributed by atoms with Gasteiger partial charge >= 0.3 is 0 Å². The van der Waals surface area contributed by atoms with Crippen LogP contribution in [0.3, 0.4) is 0 Å². The number of aromatic nitrogens is 4. The molecule has 1 N–H and O–H groups in total. The third kappa shape index (κ3) is 2.61. The van der Waals surface area contributed by atoms with Crippen LogP contribution in [0.15, 0.2) is 24.8 Å². The van der Waals surface area contributed by atoms with E-state index in [1.54, 1.807) is 12.5 Å². The number of rotatable bonds is 5. The van der Waals surface area contributed by atoms with Crippen LogP contribution >= 0.6 is 0 Å². The molecule has 5 heteroatoms. The molecule has 0 aromatic carbocycles. The molecule has 90 valence electrons. The van der Waals surface area contributed by atoms with Gasteiger partial charge in [-0.15, -0.1) is 0 Å². The minimum absolute atomic E-state index is 0.837. The molecule has 17 heavy (non-hydrogen) atoms. The van der Waals surface area contributed by atoms with Gasteiger partial charge in [-0.3, -0.25) is 0 Å². The number of hydrogen-bond acceptors (Lipinski definition) is 4. The van der Waals surface area contributed by atoms with Gasteiger partial charge in [-0.2, -0.15) is 0 Å². The summed E-state index contributed by atoms with van der Waals surface area (Å²) in [6, 6.07) is 1.93. The molecule has 0 spiro atoms. The lowest BCUT2D eigenvalue weighted by atomic mass is 10.3. The van der Waals surface area contributed by atoms with Crippen molar-refractivity contribution in [3.8, 4) is 11.5 Å². The lowest BCUT2D eigenvalue weighted by molar-refractivity contribution is 0.684. The predicted molar refractivity (Wildman–Crippen MR) is 67.7 cm³/mol. The third-order valence-electron chi connectivity index (χ3n) is 2.43. The maximum absolute atomic E-state index is 4.35. The second-order valence-electron chi connectivity index (χ2n) is 3.76. The summed E-state index contributed by atoms with van der Waals surface area (Å²) in [4.78, 5) is 12.8. The number of imidazole rings is 1. The smallest absolute Gasteiger partial charge is 0.158 e. The Morgan fingerprint density at radius 1 is 1.24 bits per heavy atom. The topological polar surface area (TPSA) is 55.6 Å². The molecule has 0 aliphatic carbocycles. The van der Waals surface area contributed by atoms with Crippen LogP contribution in [0.1, 0.15) is 20.3 Å². The Bertz CT molecular complexity index is 477. The summed E-state index contributed by atoms with van der Waals surface area (Å²) < 4.78 is 2.11. The summed E-state index contributed by atoms with van der Waals surface area (Å²) in [5, 5.41) is 3.17. The summed E-state index contributed by atoms with van der Waals surface area (Å²) >= 11 is 0. The zero-order chi connectivity index (χ0) is 12.1. The molecule has 5 nitrogen and oxygen atoms in total. The van der Waals surface area contributed by atoms with Crippen LogP contribution in [-0.2, 0) is 6.54 Å². The fraction of sp³-hybridized carbons (Fsp3) is 0.417. The van der Waals surface area contributed by atoms with Gasteiger partial charge in [0, 0.05) is 31.5 Å². The molecule has 0 atom stereocenters. The van der Waals surface area contributed by atoms with Crippen molar-refractivity contribution in [1.82, 2.24) is 19.5 Å². The van der Waals surface area contributed by atoms with Crippen LogP contribution in [0, 0.1) is 0 Å². The molecule has 0 bridgehead atoms. The van der Waals surface area contributed by atoms with Gasteiger partial charge in [0.1, 0.15) is 17.8 Å². The van der Waals surface area contributed by atoms with E-state index in [2.05, 4.69) is 31.8 Å². The first-order chi connectivity index (χ1) is 8.35. The first kappa shape index (κ1) is 11.6. The van der Waals surface area contributed by atoms with Gasteiger partial charge in [0.15, 0.2) is 5.82 Å². The first-order valence-corrected chi connectivity index (χ1v) is 5.92. The van der Waals surface area contributed by atoms with E-state index in [9.17, 15) is 0 Å². The molecule has 0 unspecified atom stereocenters. The molecule has 2 heterocycles. The molecule has 0 aliphatic heterocycles. The molecule has 0 saturated carbocycles. The number of nitrogens with one attached hydrogen (secondary N) is 1. The van der Waals surface area contributed by atoms with E-state index in [1.165, 1.54) is 0 Å². The molecule has 0 saturated heterocycles. The zero-order valence-electron chi connectivity index (χ0n) is 10.2. The van der Waals surface area contributed by atoms with E-state index < -0.39 is 0 Å². The van der Waals surface area contributed by atoms with Gasteiger partial charge in [0.25, 0.3) is 0 Å². The van der Waals surface area contributed by atoms with E-state index in [0.29, 0.717) is 0 Å². The minimum Gasteiger partial charge on any atom is -0.370 e. The Hall–Kier alpha value is -1.91. The maximum atomic E-state index is 4.35. The molecule has 2 rings (SSSR count). The van der Waals surface area contributed by atoms with E-state index in [0.717, 1.165) is 36.8 Å². The van der Waals surface area contributed by atoms with Crippen LogP contribution in [0.2, 0.25) is 0 Å². The summed E-state index contributed by atoms with van der Waals surface area (Å²) in [6.45, 7) is 5.99. The van der Waals surface area contributed by atoms with E-state index in [-0.39, 0.29) is 0 Å². The third-order valence-corrected chi connectivity index (χ3v) is 2.43. The maximum Gasteiger partial charge on any atom is 0.158 e. The summed E-state index contributed by atoms with van der Waals surface area (Å²) in [5.74, 6) is 1.73. The van der Waals surface area contributed by atoms with Gasteiger partial charge < -0.3 is 9.88 Å². The van der Waals surface area contributed by atoms with Crippen LogP contribution in [0.5, 0.6) is 0 Å². The van der Waals surface area contributed by atoms with Crippen molar-refractivity contribution in [2.75, 3.05) is 11.9 Å². The minimum atomic E-state index is 0.837. The van der Waals surface area contributed by atoms with Gasteiger partial charge in [-0.25, -0.2) is 15.0 Å². The molecule has 0 aliphatic rings. The predicted octanol–water partition coefficient (Wildman–Crippen LogP) is 2.18. The average Bonchev–Trinajstić information content (AvgIpc) is 2.79. The highest BCUT2D eigenvalue weighted by molar-refractivity contribution is 5.54. The van der Waals surface area contributed by atoms with E-state index in [1.807, 2.05) is 19.2 Å². The summed E-state index contributed by atoms with van der Waals surface area (Å²) in [7, 11) is 0. The van der Waals surface area contributed by atoms with Gasteiger partial charge in [0.05, 0.1) is 0 Å². The lowest BCUT2D eigenvalue weighted by Gasteiger charge is -2.07. The highest BCUT2D eigenvalue weighted by Gasteiger charge is 2.07. The molecular formula is C12H17N5. The number of hydrogen-bond donors (Lipinski definition) is 1. The number of nitrogens with zero attached hydrogens (tertiary/aromatic N) is 4. The summed E-state index contributed by atoms with van der Waals surface area (Å²) in [5.41, 5.74) is 0.856. The summed E-state index contributed by atoms with van der Waals surface area (Å²) in [6.07, 6.45) is 6.43. The molecule has 0 fully saturated rings. The van der Waals surface area contributed by atoms with Crippen molar-refractivity contribution in [2.24, 2.45) is 0 Å². The Balaban J connectivity index is 2.31. The van der Waals surface area contributed by atoms with Crippen molar-refractivity contribution >= 4 is 5.82 Å². The Labute approximate surface area is 101 Å². The van der Waals surface area contributed by atoms with Crippen LogP contribution < -0.4 is 5.32 Å². The van der Waals surface area contributed by atoms with E-state index >= 15 is 0 Å². The second-order valence-corrected chi connectivity index (χ2v) is 3.76. The lowest BCUT2D eigenvalue weighted by Crippen LogP contribution is -2.03. The van der Waals surface area contributed by atoms with Crippen molar-refractivity contribution in [3.05, 3.63) is 24.8 Å². The van der Waals surface area contributed by atoms with Gasteiger partial charge in [-0.1, -0.05) is 6.92 Å². The molecular weight excluding hydrogens is 214 g/mol. The van der Waals surface area contributed by atoms with Crippen LogP contribution in [0.25, 0.3) is 11.5 Å². The van der Waals surface area contributed by atoms with Gasteiger partial charge in [-0.05, 0) is 13.3 Å². The molecule has 2 aromatic heterocycles. The quantitative estimate of drug-likeness (QED) is 0.857. The first-order valence-electron chi connectivity index (χ1n) is 5.92. The SMILES string of the molecule is CCCn1ccnc1-c1cc(NCC)ncn1. The zero-order valence-corrected chi connectivity index (χ0v) is 10.2. The number of anilines is 1. The van der Waals surface area contributed by atoms with Crippen LogP contribution in [0.4, 0.5) is 5.82 Å². The molecule has 0 radical (unpaired) electrons. The Kier molecular flexibility index (Phi) is 3.69. The van der Waals surface area contributed by atoms with E-state index in [4.69, 9.17) is 0 Å². The fourth-order valence-electron chi connectivity index (χ4n) is 1.72. The highest BCUT2D eigenvalue weighted by Crippen LogP contribution is 2.17. The van der Waals surface area contributed by atoms with Crippen molar-refractivity contribution in [2.45, 2.75) is 26.8 Å². The normalized spacial score (nSPS) is 10.5. The molecule has 0 amide bonds. The van der Waals surface area contributed by atoms with Crippen molar-refractivity contribution in [3.63, 3.8) is 0 Å². The standard InChI is InChI=1S/C12H17N5/c1-3-6-17-7-5-14-12(17)10-8-11(13-4-2)16-9-15-10/h5,7-9H,3-4,6H2,1-2H3,(H,13,15,16). The molecule has 2 aromatic rings. The second kappa shape index (κ2) is 5.43. The van der Waals surface area contributed by atoms with Crippen molar-refractivity contribution < 1.29 is 0 Å². The fourth-order valence-corrected chi connectivity index (χ4v) is 1.72. The van der Waals surface area contributed by atoms with Crippen LogP contribution in [-0.4, -0.2) is 26.1 Å². The monoisotopic (exact) mass is 231 g/mol. The van der Waals surface area contributed by atoms with Gasteiger partial charge in [0.2, 0.25) is 0 Å².